The summed E-state index contributed by atoms with van der Waals surface area (Å²) in [4.78, 5) is 12.1. The number of benzene rings is 2. The van der Waals surface area contributed by atoms with Crippen LogP contribution >= 0.6 is 23.2 Å². The van der Waals surface area contributed by atoms with Crippen molar-refractivity contribution in [3.05, 3.63) is 57.6 Å². The van der Waals surface area contributed by atoms with Crippen LogP contribution < -0.4 is 10.2 Å². The third-order valence-corrected chi connectivity index (χ3v) is 3.63. The zero-order chi connectivity index (χ0) is 18.4. The summed E-state index contributed by atoms with van der Waals surface area (Å²) in [6.07, 6.45) is 1.27. The van der Waals surface area contributed by atoms with Gasteiger partial charge in [0.25, 0.3) is 5.91 Å². The SMILES string of the molecule is CC(C)COc1ccc(C(=O)NN=Cc2cc(Cl)cc(Cl)c2O)cc1. The van der Waals surface area contributed by atoms with E-state index in [-0.39, 0.29) is 16.7 Å². The monoisotopic (exact) mass is 380 g/mol. The number of carbonyl (C=O) groups excluding carboxylic acids is 1. The molecule has 0 saturated heterocycles. The van der Waals surface area contributed by atoms with Crippen LogP contribution in [0.2, 0.25) is 10.0 Å². The quantitative estimate of drug-likeness (QED) is 0.572. The van der Waals surface area contributed by atoms with E-state index in [1.54, 1.807) is 24.3 Å². The van der Waals surface area contributed by atoms with E-state index in [0.29, 0.717) is 34.4 Å². The number of nitrogens with zero attached hydrogens (tertiary/aromatic N) is 1. The van der Waals surface area contributed by atoms with Gasteiger partial charge in [-0.2, -0.15) is 5.10 Å². The van der Waals surface area contributed by atoms with Gasteiger partial charge in [0.05, 0.1) is 17.8 Å². The van der Waals surface area contributed by atoms with Crippen LogP contribution in [0, 0.1) is 5.92 Å². The molecule has 0 saturated carbocycles. The molecule has 1 amide bonds. The normalized spacial score (nSPS) is 11.1. The molecule has 0 fully saturated rings. The predicted octanol–water partition coefficient (Wildman–Crippen LogP) is 4.50. The number of nitrogens with one attached hydrogen (secondary N) is 1. The molecule has 0 aliphatic rings. The van der Waals surface area contributed by atoms with Crippen LogP contribution in [0.4, 0.5) is 0 Å². The molecule has 0 radical (unpaired) electrons. The molecule has 0 heterocycles. The van der Waals surface area contributed by atoms with Gasteiger partial charge in [0.1, 0.15) is 11.5 Å². The van der Waals surface area contributed by atoms with Gasteiger partial charge in [-0.05, 0) is 42.3 Å². The summed E-state index contributed by atoms with van der Waals surface area (Å²) in [6.45, 7) is 4.73. The summed E-state index contributed by atoms with van der Waals surface area (Å²) in [5, 5.41) is 14.1. The van der Waals surface area contributed by atoms with Gasteiger partial charge in [-0.25, -0.2) is 5.43 Å². The Morgan fingerprint density at radius 2 is 1.96 bits per heavy atom. The second-order valence-corrected chi connectivity index (χ2v) is 6.60. The van der Waals surface area contributed by atoms with E-state index < -0.39 is 0 Å². The van der Waals surface area contributed by atoms with Gasteiger partial charge in [-0.15, -0.1) is 0 Å². The van der Waals surface area contributed by atoms with Gasteiger partial charge in [-0.1, -0.05) is 37.0 Å². The van der Waals surface area contributed by atoms with E-state index in [9.17, 15) is 9.90 Å². The van der Waals surface area contributed by atoms with Crippen molar-refractivity contribution in [2.24, 2.45) is 11.0 Å². The van der Waals surface area contributed by atoms with Gasteiger partial charge < -0.3 is 9.84 Å². The van der Waals surface area contributed by atoms with E-state index >= 15 is 0 Å². The van der Waals surface area contributed by atoms with Crippen molar-refractivity contribution < 1.29 is 14.6 Å². The molecule has 0 spiro atoms. The summed E-state index contributed by atoms with van der Waals surface area (Å²) in [6, 6.07) is 9.65. The van der Waals surface area contributed by atoms with Gasteiger partial charge in [0, 0.05) is 16.1 Å². The Morgan fingerprint density at radius 3 is 2.60 bits per heavy atom. The number of rotatable bonds is 6. The van der Waals surface area contributed by atoms with Crippen LogP contribution in [0.5, 0.6) is 11.5 Å². The van der Waals surface area contributed by atoms with E-state index in [1.807, 2.05) is 0 Å². The van der Waals surface area contributed by atoms with Crippen molar-refractivity contribution in [1.82, 2.24) is 5.43 Å². The number of phenolic OH excluding ortho intramolecular Hbond substituents is 1. The molecule has 7 heteroatoms. The van der Waals surface area contributed by atoms with Gasteiger partial charge in [0.15, 0.2) is 0 Å². The number of halogens is 2. The molecular formula is C18H18Cl2N2O3. The first-order valence-corrected chi connectivity index (χ1v) is 8.36. The Kier molecular flexibility index (Phi) is 6.67. The first kappa shape index (κ1) is 19.1. The maximum atomic E-state index is 12.1. The third-order valence-electron chi connectivity index (χ3n) is 3.13. The summed E-state index contributed by atoms with van der Waals surface area (Å²) >= 11 is 11.7. The van der Waals surface area contributed by atoms with Crippen molar-refractivity contribution in [2.45, 2.75) is 13.8 Å². The number of aromatic hydroxyl groups is 1. The first-order chi connectivity index (χ1) is 11.9. The smallest absolute Gasteiger partial charge is 0.271 e. The van der Waals surface area contributed by atoms with Gasteiger partial charge in [0.2, 0.25) is 0 Å². The molecule has 0 unspecified atom stereocenters. The maximum absolute atomic E-state index is 12.1. The van der Waals surface area contributed by atoms with Crippen molar-refractivity contribution in [2.75, 3.05) is 6.61 Å². The number of ether oxygens (including phenoxy) is 1. The second-order valence-electron chi connectivity index (χ2n) is 5.75. The van der Waals surface area contributed by atoms with Crippen LogP contribution in [-0.2, 0) is 0 Å². The lowest BCUT2D eigenvalue weighted by Gasteiger charge is -2.08. The Balaban J connectivity index is 1.98. The summed E-state index contributed by atoms with van der Waals surface area (Å²) in [5.74, 6) is 0.580. The topological polar surface area (TPSA) is 70.9 Å². The number of carbonyl (C=O) groups is 1. The molecule has 0 aliphatic heterocycles. The molecule has 0 atom stereocenters. The van der Waals surface area contributed by atoms with Crippen LogP contribution in [0.25, 0.3) is 0 Å². The Hall–Kier alpha value is -2.24. The number of phenols is 1. The molecule has 0 aliphatic carbocycles. The van der Waals surface area contributed by atoms with Crippen LogP contribution in [0.1, 0.15) is 29.8 Å². The summed E-state index contributed by atoms with van der Waals surface area (Å²) in [7, 11) is 0. The molecule has 0 aromatic heterocycles. The lowest BCUT2D eigenvalue weighted by molar-refractivity contribution is 0.0955. The number of hydrazone groups is 1. The van der Waals surface area contributed by atoms with Crippen LogP contribution in [-0.4, -0.2) is 23.8 Å². The number of hydrogen-bond acceptors (Lipinski definition) is 4. The minimum Gasteiger partial charge on any atom is -0.506 e. The average Bonchev–Trinajstić information content (AvgIpc) is 2.57. The van der Waals surface area contributed by atoms with Gasteiger partial charge in [-0.3, -0.25) is 4.79 Å². The second kappa shape index (κ2) is 8.74. The largest absolute Gasteiger partial charge is 0.506 e. The number of amides is 1. The zero-order valence-corrected chi connectivity index (χ0v) is 15.3. The fourth-order valence-electron chi connectivity index (χ4n) is 1.87. The highest BCUT2D eigenvalue weighted by Gasteiger charge is 2.07. The van der Waals surface area contributed by atoms with E-state index in [2.05, 4.69) is 24.4 Å². The summed E-state index contributed by atoms with van der Waals surface area (Å²) in [5.41, 5.74) is 3.11. The Morgan fingerprint density at radius 1 is 1.28 bits per heavy atom. The van der Waals surface area contributed by atoms with Crippen molar-refractivity contribution in [1.29, 1.82) is 0 Å². The highest BCUT2D eigenvalue weighted by molar-refractivity contribution is 6.36. The molecule has 25 heavy (non-hydrogen) atoms. The Bertz CT molecular complexity index is 775. The van der Waals surface area contributed by atoms with Crippen molar-refractivity contribution >= 4 is 35.3 Å². The van der Waals surface area contributed by atoms with Crippen LogP contribution in [0.3, 0.4) is 0 Å². The molecular weight excluding hydrogens is 363 g/mol. The van der Waals surface area contributed by atoms with E-state index in [4.69, 9.17) is 27.9 Å². The minimum atomic E-state index is -0.390. The van der Waals surface area contributed by atoms with E-state index in [1.165, 1.54) is 18.3 Å². The van der Waals surface area contributed by atoms with Crippen LogP contribution in [0.15, 0.2) is 41.5 Å². The molecule has 2 N–H and O–H groups in total. The highest BCUT2D eigenvalue weighted by atomic mass is 35.5. The molecule has 2 aromatic carbocycles. The fraction of sp³-hybridized carbons (Fsp3) is 0.222. The maximum Gasteiger partial charge on any atom is 0.271 e. The highest BCUT2D eigenvalue weighted by Crippen LogP contribution is 2.29. The lowest BCUT2D eigenvalue weighted by atomic mass is 10.2. The summed E-state index contributed by atoms with van der Waals surface area (Å²) < 4.78 is 5.56. The molecule has 132 valence electrons. The van der Waals surface area contributed by atoms with Crippen molar-refractivity contribution in [3.8, 4) is 11.5 Å². The first-order valence-electron chi connectivity index (χ1n) is 7.61. The minimum absolute atomic E-state index is 0.109. The lowest BCUT2D eigenvalue weighted by Crippen LogP contribution is -2.17. The van der Waals surface area contributed by atoms with Gasteiger partial charge >= 0.3 is 0 Å². The zero-order valence-electron chi connectivity index (χ0n) is 13.8. The molecule has 2 rings (SSSR count). The predicted molar refractivity (Wildman–Crippen MR) is 100.0 cm³/mol. The molecule has 5 nitrogen and oxygen atoms in total. The molecule has 0 bridgehead atoms. The fourth-order valence-corrected chi connectivity index (χ4v) is 2.38. The number of hydrogen-bond donors (Lipinski definition) is 2. The standard InChI is InChI=1S/C18H18Cl2N2O3/c1-11(2)10-25-15-5-3-12(4-6-15)18(24)22-21-9-13-7-14(19)8-16(20)17(13)23/h3-9,11,23H,10H2,1-2H3,(H,22,24). The molecule has 2 aromatic rings. The van der Waals surface area contributed by atoms with Crippen molar-refractivity contribution in [3.63, 3.8) is 0 Å². The average molecular weight is 381 g/mol. The third kappa shape index (κ3) is 5.66. The van der Waals surface area contributed by atoms with E-state index in [0.717, 1.165) is 0 Å². The Labute approximate surface area is 156 Å².